The standard InChI is InChI=1S/C16H22F2IN3O/c1-2-20-16(21-11-15(17)18)22-9-7-12(8-10-22)23-14-6-4-3-5-13(14)19/h3-6,12,15H,2,7-11H2,1H3,(H,20,21). The second kappa shape index (κ2) is 9.24. The lowest BCUT2D eigenvalue weighted by atomic mass is 10.1. The zero-order chi connectivity index (χ0) is 16.7. The molecule has 1 aliphatic heterocycles. The van der Waals surface area contributed by atoms with E-state index in [4.69, 9.17) is 4.74 Å². The van der Waals surface area contributed by atoms with Gasteiger partial charge in [0.25, 0.3) is 6.43 Å². The van der Waals surface area contributed by atoms with Gasteiger partial charge in [0, 0.05) is 32.5 Å². The first kappa shape index (κ1) is 18.2. The minimum absolute atomic E-state index is 0.153. The van der Waals surface area contributed by atoms with Crippen LogP contribution in [0.4, 0.5) is 8.78 Å². The summed E-state index contributed by atoms with van der Waals surface area (Å²) < 4.78 is 31.9. The largest absolute Gasteiger partial charge is 0.489 e. The minimum atomic E-state index is -2.41. The Morgan fingerprint density at radius 3 is 2.70 bits per heavy atom. The molecule has 0 aliphatic carbocycles. The summed E-state index contributed by atoms with van der Waals surface area (Å²) >= 11 is 2.26. The van der Waals surface area contributed by atoms with E-state index in [1.165, 1.54) is 0 Å². The number of para-hydroxylation sites is 1. The van der Waals surface area contributed by atoms with Crippen LogP contribution >= 0.6 is 22.6 Å². The van der Waals surface area contributed by atoms with Gasteiger partial charge in [0.1, 0.15) is 18.4 Å². The molecule has 23 heavy (non-hydrogen) atoms. The second-order valence-corrected chi connectivity index (χ2v) is 6.48. The number of rotatable bonds is 5. The fourth-order valence-electron chi connectivity index (χ4n) is 2.49. The summed E-state index contributed by atoms with van der Waals surface area (Å²) in [5.41, 5.74) is 0. The predicted molar refractivity (Wildman–Crippen MR) is 96.4 cm³/mol. The Bertz CT molecular complexity index is 520. The van der Waals surface area contributed by atoms with Crippen LogP contribution in [-0.4, -0.2) is 49.6 Å². The van der Waals surface area contributed by atoms with Gasteiger partial charge >= 0.3 is 0 Å². The van der Waals surface area contributed by atoms with E-state index in [2.05, 4.69) is 32.9 Å². The van der Waals surface area contributed by atoms with Gasteiger partial charge in [0.05, 0.1) is 3.57 Å². The molecule has 2 rings (SSSR count). The Kier molecular flexibility index (Phi) is 7.32. The number of guanidine groups is 1. The molecular weight excluding hydrogens is 415 g/mol. The molecule has 4 nitrogen and oxygen atoms in total. The first-order valence-corrected chi connectivity index (χ1v) is 8.90. The first-order valence-electron chi connectivity index (χ1n) is 7.82. The van der Waals surface area contributed by atoms with Crippen LogP contribution in [-0.2, 0) is 0 Å². The molecule has 0 unspecified atom stereocenters. The quantitative estimate of drug-likeness (QED) is 0.436. The molecule has 1 fully saturated rings. The van der Waals surface area contributed by atoms with E-state index in [1.54, 1.807) is 0 Å². The van der Waals surface area contributed by atoms with E-state index in [0.717, 1.165) is 35.3 Å². The molecule has 0 saturated carbocycles. The lowest BCUT2D eigenvalue weighted by Crippen LogP contribution is -2.47. The van der Waals surface area contributed by atoms with Crippen LogP contribution in [0.15, 0.2) is 29.3 Å². The van der Waals surface area contributed by atoms with Gasteiger partial charge in [0.15, 0.2) is 5.96 Å². The summed E-state index contributed by atoms with van der Waals surface area (Å²) in [7, 11) is 0. The van der Waals surface area contributed by atoms with Crippen LogP contribution in [0.2, 0.25) is 0 Å². The number of hydrogen-bond acceptors (Lipinski definition) is 2. The van der Waals surface area contributed by atoms with Gasteiger partial charge in [-0.25, -0.2) is 13.8 Å². The van der Waals surface area contributed by atoms with Crippen molar-refractivity contribution in [3.05, 3.63) is 27.8 Å². The van der Waals surface area contributed by atoms with E-state index in [-0.39, 0.29) is 6.10 Å². The highest BCUT2D eigenvalue weighted by Crippen LogP contribution is 2.24. The lowest BCUT2D eigenvalue weighted by molar-refractivity contribution is 0.127. The summed E-state index contributed by atoms with van der Waals surface area (Å²) in [6.07, 6.45) is -0.557. The third kappa shape index (κ3) is 5.78. The molecule has 0 spiro atoms. The molecule has 1 aromatic carbocycles. The molecule has 1 N–H and O–H groups in total. The van der Waals surface area contributed by atoms with Crippen LogP contribution in [0, 0.1) is 3.57 Å². The number of piperidine rings is 1. The van der Waals surface area contributed by atoms with Crippen LogP contribution in [0.25, 0.3) is 0 Å². The number of halogens is 3. The van der Waals surface area contributed by atoms with Gasteiger partial charge in [-0.05, 0) is 41.6 Å². The summed E-state index contributed by atoms with van der Waals surface area (Å²) in [5.74, 6) is 1.48. The molecule has 1 aliphatic rings. The molecule has 7 heteroatoms. The van der Waals surface area contributed by atoms with Crippen LogP contribution in [0.1, 0.15) is 19.8 Å². The molecule has 0 radical (unpaired) electrons. The first-order chi connectivity index (χ1) is 11.1. The number of aliphatic imine (C=N–C) groups is 1. The third-order valence-corrected chi connectivity index (χ3v) is 4.48. The van der Waals surface area contributed by atoms with Crippen LogP contribution in [0.3, 0.4) is 0 Å². The van der Waals surface area contributed by atoms with Gasteiger partial charge in [-0.3, -0.25) is 0 Å². The van der Waals surface area contributed by atoms with Gasteiger partial charge in [-0.15, -0.1) is 0 Å². The van der Waals surface area contributed by atoms with E-state index >= 15 is 0 Å². The number of likely N-dealkylation sites (tertiary alicyclic amines) is 1. The summed E-state index contributed by atoms with van der Waals surface area (Å²) in [6.45, 7) is 3.65. The van der Waals surface area contributed by atoms with Gasteiger partial charge in [0.2, 0.25) is 0 Å². The highest BCUT2D eigenvalue weighted by atomic mass is 127. The van der Waals surface area contributed by atoms with Crippen molar-refractivity contribution in [2.75, 3.05) is 26.2 Å². The normalized spacial score (nSPS) is 16.7. The Morgan fingerprint density at radius 1 is 1.39 bits per heavy atom. The highest BCUT2D eigenvalue weighted by Gasteiger charge is 2.23. The summed E-state index contributed by atoms with van der Waals surface area (Å²) in [4.78, 5) is 6.03. The van der Waals surface area contributed by atoms with E-state index in [1.807, 2.05) is 36.1 Å². The van der Waals surface area contributed by atoms with Crippen LogP contribution < -0.4 is 10.1 Å². The number of benzene rings is 1. The maximum atomic E-state index is 12.4. The highest BCUT2D eigenvalue weighted by molar-refractivity contribution is 14.1. The van der Waals surface area contributed by atoms with Crippen molar-refractivity contribution in [3.63, 3.8) is 0 Å². The topological polar surface area (TPSA) is 36.9 Å². The SMILES string of the molecule is CCNC(=NCC(F)F)N1CCC(Oc2ccccc2I)CC1. The lowest BCUT2D eigenvalue weighted by Gasteiger charge is -2.34. The molecule has 1 aromatic rings. The molecule has 0 aromatic heterocycles. The van der Waals surface area contributed by atoms with E-state index in [9.17, 15) is 8.78 Å². The zero-order valence-corrected chi connectivity index (χ0v) is 15.3. The van der Waals surface area contributed by atoms with Crippen molar-refractivity contribution in [1.82, 2.24) is 10.2 Å². The molecule has 0 atom stereocenters. The predicted octanol–water partition coefficient (Wildman–Crippen LogP) is 3.37. The number of nitrogens with one attached hydrogen (secondary N) is 1. The van der Waals surface area contributed by atoms with Crippen molar-refractivity contribution in [2.45, 2.75) is 32.3 Å². The molecule has 0 bridgehead atoms. The van der Waals surface area contributed by atoms with E-state index in [0.29, 0.717) is 12.5 Å². The average Bonchev–Trinajstić information content (AvgIpc) is 2.54. The van der Waals surface area contributed by atoms with Gasteiger partial charge in [-0.2, -0.15) is 0 Å². The third-order valence-electron chi connectivity index (χ3n) is 3.59. The number of nitrogens with zero attached hydrogens (tertiary/aromatic N) is 2. The summed E-state index contributed by atoms with van der Waals surface area (Å²) in [5, 5.41) is 3.08. The molecule has 128 valence electrons. The monoisotopic (exact) mass is 437 g/mol. The molecule has 1 heterocycles. The fraction of sp³-hybridized carbons (Fsp3) is 0.562. The minimum Gasteiger partial charge on any atom is -0.489 e. The number of alkyl halides is 2. The van der Waals surface area contributed by atoms with Gasteiger partial charge in [-0.1, -0.05) is 12.1 Å². The number of ether oxygens (including phenoxy) is 1. The maximum Gasteiger partial charge on any atom is 0.257 e. The van der Waals surface area contributed by atoms with E-state index < -0.39 is 13.0 Å². The smallest absolute Gasteiger partial charge is 0.257 e. The number of hydrogen-bond donors (Lipinski definition) is 1. The second-order valence-electron chi connectivity index (χ2n) is 5.32. The van der Waals surface area contributed by atoms with Crippen molar-refractivity contribution < 1.29 is 13.5 Å². The van der Waals surface area contributed by atoms with Crippen LogP contribution in [0.5, 0.6) is 5.75 Å². The Balaban J connectivity index is 1.89. The molecule has 1 saturated heterocycles. The Morgan fingerprint density at radius 2 is 2.09 bits per heavy atom. The van der Waals surface area contributed by atoms with Crippen molar-refractivity contribution >= 4 is 28.6 Å². The fourth-order valence-corrected chi connectivity index (χ4v) is 3.00. The Hall–Kier alpha value is -1.12. The molecular formula is C16H22F2IN3O. The van der Waals surface area contributed by atoms with Crippen molar-refractivity contribution in [1.29, 1.82) is 0 Å². The van der Waals surface area contributed by atoms with Gasteiger partial charge < -0.3 is 15.0 Å². The zero-order valence-electron chi connectivity index (χ0n) is 13.1. The van der Waals surface area contributed by atoms with Crippen molar-refractivity contribution in [2.24, 2.45) is 4.99 Å². The molecule has 0 amide bonds. The maximum absolute atomic E-state index is 12.4. The Labute approximate surface area is 149 Å². The summed E-state index contributed by atoms with van der Waals surface area (Å²) in [6, 6.07) is 7.94. The van der Waals surface area contributed by atoms with Crippen molar-refractivity contribution in [3.8, 4) is 5.75 Å². The average molecular weight is 437 g/mol.